The van der Waals surface area contributed by atoms with Crippen LogP contribution in [0.1, 0.15) is 34.5 Å². The second-order valence-corrected chi connectivity index (χ2v) is 9.46. The van der Waals surface area contributed by atoms with E-state index in [9.17, 15) is 22.8 Å². The zero-order valence-electron chi connectivity index (χ0n) is 21.4. The van der Waals surface area contributed by atoms with Gasteiger partial charge < -0.3 is 15.0 Å². The van der Waals surface area contributed by atoms with Gasteiger partial charge in [-0.2, -0.15) is 13.2 Å². The molecule has 1 aliphatic heterocycles. The molecule has 198 valence electrons. The van der Waals surface area contributed by atoms with Crippen LogP contribution in [0.3, 0.4) is 0 Å². The normalized spacial score (nSPS) is 15.6. The van der Waals surface area contributed by atoms with Crippen molar-refractivity contribution in [3.8, 4) is 0 Å². The summed E-state index contributed by atoms with van der Waals surface area (Å²) in [6.45, 7) is 4.23. The number of nitrogens with one attached hydrogen (secondary N) is 1. The van der Waals surface area contributed by atoms with E-state index >= 15 is 0 Å². The standard InChI is InChI=1S/C27H31F3N4O3/c1-17-13-20(18(2)31-23-8-6-5-7-19(23)26(36)37-4)21-15-24(32(3)25(35)22(21)14-17)34-11-9-33(10-12-34)16-27(28,29)30/h5-8,13-15,18,31H,9-12,16H2,1-4H3. The van der Waals surface area contributed by atoms with Crippen molar-refractivity contribution < 1.29 is 22.7 Å². The van der Waals surface area contributed by atoms with E-state index in [2.05, 4.69) is 5.32 Å². The molecule has 1 saturated heterocycles. The molecule has 1 unspecified atom stereocenters. The molecule has 1 aliphatic rings. The molecule has 1 aromatic heterocycles. The minimum Gasteiger partial charge on any atom is -0.465 e. The first-order chi connectivity index (χ1) is 17.5. The van der Waals surface area contributed by atoms with Gasteiger partial charge in [-0.1, -0.05) is 18.2 Å². The zero-order valence-corrected chi connectivity index (χ0v) is 21.4. The molecule has 0 saturated carbocycles. The van der Waals surface area contributed by atoms with Crippen LogP contribution in [-0.4, -0.2) is 61.4 Å². The number of benzene rings is 2. The van der Waals surface area contributed by atoms with E-state index in [4.69, 9.17) is 4.74 Å². The van der Waals surface area contributed by atoms with Crippen molar-refractivity contribution >= 4 is 28.2 Å². The minimum absolute atomic E-state index is 0.169. The molecule has 4 rings (SSSR count). The fourth-order valence-electron chi connectivity index (χ4n) is 4.93. The molecule has 2 aromatic carbocycles. The molecule has 0 amide bonds. The van der Waals surface area contributed by atoms with Crippen molar-refractivity contribution in [2.75, 3.05) is 50.1 Å². The molecule has 0 spiro atoms. The number of aromatic nitrogens is 1. The van der Waals surface area contributed by atoms with Gasteiger partial charge in [0.15, 0.2) is 0 Å². The Morgan fingerprint density at radius 1 is 1.08 bits per heavy atom. The van der Waals surface area contributed by atoms with Gasteiger partial charge >= 0.3 is 12.1 Å². The third-order valence-electron chi connectivity index (χ3n) is 6.78. The summed E-state index contributed by atoms with van der Waals surface area (Å²) < 4.78 is 44.9. The number of esters is 1. The average Bonchev–Trinajstić information content (AvgIpc) is 2.85. The monoisotopic (exact) mass is 516 g/mol. The third-order valence-corrected chi connectivity index (χ3v) is 6.78. The highest BCUT2D eigenvalue weighted by atomic mass is 19.4. The molecule has 1 atom stereocenters. The van der Waals surface area contributed by atoms with Crippen LogP contribution < -0.4 is 15.8 Å². The number of para-hydroxylation sites is 1. The summed E-state index contributed by atoms with van der Waals surface area (Å²) in [6.07, 6.45) is -4.24. The predicted octanol–water partition coefficient (Wildman–Crippen LogP) is 4.49. The quantitative estimate of drug-likeness (QED) is 0.487. The number of carbonyl (C=O) groups excluding carboxylic acids is 1. The van der Waals surface area contributed by atoms with Crippen molar-refractivity contribution in [3.05, 3.63) is 69.5 Å². The van der Waals surface area contributed by atoms with Crippen molar-refractivity contribution in [2.45, 2.75) is 26.1 Å². The number of halogens is 3. The lowest BCUT2D eigenvalue weighted by molar-refractivity contribution is -0.146. The Hall–Kier alpha value is -3.53. The SMILES string of the molecule is COC(=O)c1ccccc1NC(C)c1cc(C)cc2c(=O)n(C)c(N3CCN(CC(F)(F)F)CC3)cc12. The van der Waals surface area contributed by atoms with E-state index in [0.717, 1.165) is 16.5 Å². The van der Waals surface area contributed by atoms with Crippen LogP contribution in [0.25, 0.3) is 10.8 Å². The Morgan fingerprint density at radius 3 is 2.41 bits per heavy atom. The molecule has 37 heavy (non-hydrogen) atoms. The maximum absolute atomic E-state index is 13.4. The first kappa shape index (κ1) is 26.5. The van der Waals surface area contributed by atoms with Crippen LogP contribution in [-0.2, 0) is 11.8 Å². The summed E-state index contributed by atoms with van der Waals surface area (Å²) in [6, 6.07) is 12.6. The van der Waals surface area contributed by atoms with Crippen LogP contribution in [0.2, 0.25) is 0 Å². The molecule has 1 N–H and O–H groups in total. The molecular weight excluding hydrogens is 485 g/mol. The number of alkyl halides is 3. The zero-order chi connectivity index (χ0) is 26.9. The summed E-state index contributed by atoms with van der Waals surface area (Å²) in [4.78, 5) is 29.0. The number of fused-ring (bicyclic) bond motifs is 1. The van der Waals surface area contributed by atoms with Crippen molar-refractivity contribution in [1.29, 1.82) is 0 Å². The van der Waals surface area contributed by atoms with Gasteiger partial charge in [0.25, 0.3) is 5.56 Å². The lowest BCUT2D eigenvalue weighted by Crippen LogP contribution is -2.50. The van der Waals surface area contributed by atoms with Crippen molar-refractivity contribution in [1.82, 2.24) is 9.47 Å². The number of rotatable bonds is 6. The highest BCUT2D eigenvalue weighted by Crippen LogP contribution is 2.31. The molecule has 1 fully saturated rings. The summed E-state index contributed by atoms with van der Waals surface area (Å²) >= 11 is 0. The molecular formula is C27H31F3N4O3. The number of aryl methyl sites for hydroxylation is 1. The van der Waals surface area contributed by atoms with E-state index in [1.807, 2.05) is 43.0 Å². The summed E-state index contributed by atoms with van der Waals surface area (Å²) in [7, 11) is 3.02. The maximum Gasteiger partial charge on any atom is 0.401 e. The second kappa shape index (κ2) is 10.5. The Bertz CT molecular complexity index is 1360. The van der Waals surface area contributed by atoms with Gasteiger partial charge in [-0.3, -0.25) is 14.3 Å². The number of piperazine rings is 1. The Labute approximate surface area is 213 Å². The number of anilines is 2. The lowest BCUT2D eigenvalue weighted by atomic mass is 9.97. The van der Waals surface area contributed by atoms with Crippen LogP contribution in [0.5, 0.6) is 0 Å². The molecule has 0 aliphatic carbocycles. The van der Waals surface area contributed by atoms with Crippen LogP contribution in [0, 0.1) is 6.92 Å². The Balaban J connectivity index is 1.70. The summed E-state index contributed by atoms with van der Waals surface area (Å²) in [5.41, 5.74) is 2.65. The Morgan fingerprint density at radius 2 is 1.76 bits per heavy atom. The average molecular weight is 517 g/mol. The first-order valence-electron chi connectivity index (χ1n) is 12.1. The molecule has 10 heteroatoms. The molecule has 3 aromatic rings. The largest absolute Gasteiger partial charge is 0.465 e. The van der Waals surface area contributed by atoms with Gasteiger partial charge in [0.05, 0.1) is 19.2 Å². The summed E-state index contributed by atoms with van der Waals surface area (Å²) in [5.74, 6) is 0.210. The number of methoxy groups -OCH3 is 1. The number of pyridine rings is 1. The van der Waals surface area contributed by atoms with Gasteiger partial charge in [-0.15, -0.1) is 0 Å². The second-order valence-electron chi connectivity index (χ2n) is 9.46. The van der Waals surface area contributed by atoms with Crippen LogP contribution in [0.15, 0.2) is 47.3 Å². The third kappa shape index (κ3) is 5.74. The lowest BCUT2D eigenvalue weighted by Gasteiger charge is -2.37. The highest BCUT2D eigenvalue weighted by Gasteiger charge is 2.32. The van der Waals surface area contributed by atoms with E-state index in [1.165, 1.54) is 12.0 Å². The number of nitrogens with zero attached hydrogens (tertiary/aromatic N) is 3. The number of carbonyl (C=O) groups is 1. The van der Waals surface area contributed by atoms with Gasteiger partial charge in [-0.05, 0) is 54.6 Å². The minimum atomic E-state index is -4.24. The summed E-state index contributed by atoms with van der Waals surface area (Å²) in [5, 5.41) is 4.71. The fraction of sp³-hybridized carbons (Fsp3) is 0.407. The van der Waals surface area contributed by atoms with Crippen molar-refractivity contribution in [2.24, 2.45) is 7.05 Å². The Kier molecular flexibility index (Phi) is 7.49. The maximum atomic E-state index is 13.4. The number of hydrogen-bond acceptors (Lipinski definition) is 6. The number of ether oxygens (including phenoxy) is 1. The van der Waals surface area contributed by atoms with Crippen LogP contribution in [0.4, 0.5) is 24.7 Å². The van der Waals surface area contributed by atoms with E-state index in [0.29, 0.717) is 35.5 Å². The van der Waals surface area contributed by atoms with E-state index < -0.39 is 18.7 Å². The predicted molar refractivity (Wildman–Crippen MR) is 138 cm³/mol. The smallest absolute Gasteiger partial charge is 0.401 e. The van der Waals surface area contributed by atoms with E-state index in [1.54, 1.807) is 29.8 Å². The molecule has 0 bridgehead atoms. The van der Waals surface area contributed by atoms with Crippen molar-refractivity contribution in [3.63, 3.8) is 0 Å². The fourth-order valence-corrected chi connectivity index (χ4v) is 4.93. The number of hydrogen-bond donors (Lipinski definition) is 1. The van der Waals surface area contributed by atoms with Crippen LogP contribution >= 0.6 is 0 Å². The molecule has 7 nitrogen and oxygen atoms in total. The van der Waals surface area contributed by atoms with Gasteiger partial charge in [0, 0.05) is 50.3 Å². The van der Waals surface area contributed by atoms with Gasteiger partial charge in [0.1, 0.15) is 5.82 Å². The molecule has 0 radical (unpaired) electrons. The topological polar surface area (TPSA) is 66.8 Å². The van der Waals surface area contributed by atoms with E-state index in [-0.39, 0.29) is 24.7 Å². The first-order valence-corrected chi connectivity index (χ1v) is 12.1. The molecule has 2 heterocycles. The van der Waals surface area contributed by atoms with Gasteiger partial charge in [-0.25, -0.2) is 4.79 Å². The highest BCUT2D eigenvalue weighted by molar-refractivity contribution is 5.96. The van der Waals surface area contributed by atoms with Gasteiger partial charge in [0.2, 0.25) is 0 Å².